The van der Waals surface area contributed by atoms with Crippen molar-refractivity contribution in [3.8, 4) is 0 Å². The number of carbonyl (C=O) groups is 2. The van der Waals surface area contributed by atoms with Gasteiger partial charge in [-0.2, -0.15) is 0 Å². The number of nitrogens with zero attached hydrogens (tertiary/aromatic N) is 1. The van der Waals surface area contributed by atoms with E-state index in [0.717, 1.165) is 0 Å². The highest BCUT2D eigenvalue weighted by Crippen LogP contribution is 2.20. The summed E-state index contributed by atoms with van der Waals surface area (Å²) >= 11 is 0. The van der Waals surface area contributed by atoms with E-state index in [2.05, 4.69) is 15.3 Å². The lowest BCUT2D eigenvalue weighted by molar-refractivity contribution is 0.0690. The van der Waals surface area contributed by atoms with Crippen LogP contribution in [0.25, 0.3) is 0 Å². The van der Waals surface area contributed by atoms with Crippen molar-refractivity contribution in [1.82, 2.24) is 9.97 Å². The number of aromatic nitrogens is 2. The first kappa shape index (κ1) is 13.8. The number of pyridine rings is 1. The highest BCUT2D eigenvalue weighted by atomic mass is 16.4. The molecule has 2 aromatic heterocycles. The summed E-state index contributed by atoms with van der Waals surface area (Å²) in [6.07, 6.45) is 1.64. The average molecular weight is 273 g/mol. The van der Waals surface area contributed by atoms with Crippen molar-refractivity contribution in [3.05, 3.63) is 46.5 Å². The van der Waals surface area contributed by atoms with E-state index in [1.807, 2.05) is 0 Å². The maximum Gasteiger partial charge on any atom is 0.352 e. The molecule has 0 aliphatic carbocycles. The van der Waals surface area contributed by atoms with E-state index in [0.29, 0.717) is 28.2 Å². The molecule has 0 saturated carbocycles. The molecule has 0 bridgehead atoms. The van der Waals surface area contributed by atoms with Gasteiger partial charge >= 0.3 is 5.97 Å². The third-order valence-corrected chi connectivity index (χ3v) is 3.13. The standard InChI is InChI=1S/C14H15N3O3/c1-7-11(9(3)16-12(7)14(19)20)13(18)17-10-5-4-6-15-8(10)2/h4-6,16H,1-3H3,(H,17,18)(H,19,20). The summed E-state index contributed by atoms with van der Waals surface area (Å²) in [7, 11) is 0. The average Bonchev–Trinajstić information content (AvgIpc) is 2.68. The molecule has 6 nitrogen and oxygen atoms in total. The summed E-state index contributed by atoms with van der Waals surface area (Å²) in [6.45, 7) is 5.07. The Balaban J connectivity index is 2.35. The van der Waals surface area contributed by atoms with Crippen molar-refractivity contribution < 1.29 is 14.7 Å². The minimum Gasteiger partial charge on any atom is -0.477 e. The van der Waals surface area contributed by atoms with Crippen LogP contribution in [0.4, 0.5) is 5.69 Å². The number of hydrogen-bond donors (Lipinski definition) is 3. The predicted molar refractivity (Wildman–Crippen MR) is 74.2 cm³/mol. The zero-order valence-corrected chi connectivity index (χ0v) is 11.4. The van der Waals surface area contributed by atoms with Crippen LogP contribution in [0.1, 0.15) is 37.8 Å². The highest BCUT2D eigenvalue weighted by Gasteiger charge is 2.21. The van der Waals surface area contributed by atoms with Gasteiger partial charge in [-0.25, -0.2) is 4.79 Å². The van der Waals surface area contributed by atoms with E-state index in [1.54, 1.807) is 39.1 Å². The molecular weight excluding hydrogens is 258 g/mol. The summed E-state index contributed by atoms with van der Waals surface area (Å²) in [5.41, 5.74) is 2.65. The highest BCUT2D eigenvalue weighted by molar-refractivity contribution is 6.08. The molecule has 20 heavy (non-hydrogen) atoms. The molecule has 0 atom stereocenters. The minimum absolute atomic E-state index is 0.0376. The number of aromatic amines is 1. The zero-order chi connectivity index (χ0) is 14.9. The number of rotatable bonds is 3. The summed E-state index contributed by atoms with van der Waals surface area (Å²) in [4.78, 5) is 30.1. The van der Waals surface area contributed by atoms with Crippen molar-refractivity contribution in [3.63, 3.8) is 0 Å². The second-order valence-corrected chi connectivity index (χ2v) is 4.52. The van der Waals surface area contributed by atoms with Crippen LogP contribution in [0.3, 0.4) is 0 Å². The first-order valence-corrected chi connectivity index (χ1v) is 6.07. The molecule has 0 unspecified atom stereocenters. The fourth-order valence-electron chi connectivity index (χ4n) is 2.11. The van der Waals surface area contributed by atoms with E-state index < -0.39 is 5.97 Å². The number of carboxylic acid groups (broad SMARTS) is 1. The molecule has 2 heterocycles. The summed E-state index contributed by atoms with van der Waals surface area (Å²) in [5, 5.41) is 11.8. The number of amides is 1. The third kappa shape index (κ3) is 2.40. The Labute approximate surface area is 115 Å². The molecule has 3 N–H and O–H groups in total. The Morgan fingerprint density at radius 2 is 2.00 bits per heavy atom. The SMILES string of the molecule is Cc1ncccc1NC(=O)c1c(C)[nH]c(C(=O)O)c1C. The van der Waals surface area contributed by atoms with Gasteiger partial charge in [0.05, 0.1) is 16.9 Å². The second-order valence-electron chi connectivity index (χ2n) is 4.52. The number of hydrogen-bond acceptors (Lipinski definition) is 3. The summed E-state index contributed by atoms with van der Waals surface area (Å²) in [6, 6.07) is 3.47. The molecule has 2 rings (SSSR count). The normalized spacial score (nSPS) is 10.3. The van der Waals surface area contributed by atoms with Crippen molar-refractivity contribution in [2.75, 3.05) is 5.32 Å². The quantitative estimate of drug-likeness (QED) is 0.799. The Kier molecular flexibility index (Phi) is 3.56. The van der Waals surface area contributed by atoms with Gasteiger partial charge in [0, 0.05) is 11.9 Å². The first-order chi connectivity index (χ1) is 9.41. The number of nitrogens with one attached hydrogen (secondary N) is 2. The number of anilines is 1. The van der Waals surface area contributed by atoms with Gasteiger partial charge in [0.15, 0.2) is 0 Å². The molecule has 1 amide bonds. The van der Waals surface area contributed by atoms with E-state index in [-0.39, 0.29) is 11.6 Å². The molecule has 0 aliphatic rings. The molecule has 0 aromatic carbocycles. The lowest BCUT2D eigenvalue weighted by atomic mass is 10.1. The van der Waals surface area contributed by atoms with Crippen LogP contribution in [0.2, 0.25) is 0 Å². The Bertz CT molecular complexity index is 689. The fourth-order valence-corrected chi connectivity index (χ4v) is 2.11. The number of carbonyl (C=O) groups excluding carboxylic acids is 1. The third-order valence-electron chi connectivity index (χ3n) is 3.13. The maximum absolute atomic E-state index is 12.3. The summed E-state index contributed by atoms with van der Waals surface area (Å²) < 4.78 is 0. The molecule has 0 fully saturated rings. The van der Waals surface area contributed by atoms with Crippen molar-refractivity contribution >= 4 is 17.6 Å². The molecule has 2 aromatic rings. The predicted octanol–water partition coefficient (Wildman–Crippen LogP) is 2.29. The van der Waals surface area contributed by atoms with Crippen LogP contribution < -0.4 is 5.32 Å². The van der Waals surface area contributed by atoms with Gasteiger partial charge in [-0.3, -0.25) is 9.78 Å². The Morgan fingerprint density at radius 3 is 2.55 bits per heavy atom. The van der Waals surface area contributed by atoms with Crippen LogP contribution in [0, 0.1) is 20.8 Å². The first-order valence-electron chi connectivity index (χ1n) is 6.07. The number of H-pyrrole nitrogens is 1. The van der Waals surface area contributed by atoms with E-state index in [4.69, 9.17) is 5.11 Å². The smallest absolute Gasteiger partial charge is 0.352 e. The van der Waals surface area contributed by atoms with E-state index >= 15 is 0 Å². The van der Waals surface area contributed by atoms with Gasteiger partial charge in [-0.1, -0.05) is 0 Å². The van der Waals surface area contributed by atoms with Gasteiger partial charge in [-0.15, -0.1) is 0 Å². The lowest BCUT2D eigenvalue weighted by Crippen LogP contribution is -2.15. The topological polar surface area (TPSA) is 95.1 Å². The van der Waals surface area contributed by atoms with Crippen molar-refractivity contribution in [1.29, 1.82) is 0 Å². The van der Waals surface area contributed by atoms with Gasteiger partial charge in [-0.05, 0) is 38.5 Å². The summed E-state index contributed by atoms with van der Waals surface area (Å²) in [5.74, 6) is -1.43. The molecule has 0 saturated heterocycles. The zero-order valence-electron chi connectivity index (χ0n) is 11.4. The van der Waals surface area contributed by atoms with Gasteiger partial charge in [0.2, 0.25) is 0 Å². The van der Waals surface area contributed by atoms with Crippen molar-refractivity contribution in [2.45, 2.75) is 20.8 Å². The molecule has 0 spiro atoms. The fraction of sp³-hybridized carbons (Fsp3) is 0.214. The molecule has 104 valence electrons. The number of aryl methyl sites for hydroxylation is 2. The van der Waals surface area contributed by atoms with Crippen LogP contribution in [0.15, 0.2) is 18.3 Å². The van der Waals surface area contributed by atoms with Gasteiger partial charge in [0.1, 0.15) is 5.69 Å². The monoisotopic (exact) mass is 273 g/mol. The van der Waals surface area contributed by atoms with E-state index in [1.165, 1.54) is 0 Å². The van der Waals surface area contributed by atoms with E-state index in [9.17, 15) is 9.59 Å². The second kappa shape index (κ2) is 5.16. The van der Waals surface area contributed by atoms with Crippen LogP contribution >= 0.6 is 0 Å². The number of aromatic carboxylic acids is 1. The largest absolute Gasteiger partial charge is 0.477 e. The molecule has 0 aliphatic heterocycles. The lowest BCUT2D eigenvalue weighted by Gasteiger charge is -2.07. The van der Waals surface area contributed by atoms with Gasteiger partial charge < -0.3 is 15.4 Å². The molecular formula is C14H15N3O3. The molecule has 6 heteroatoms. The Hall–Kier alpha value is -2.63. The number of carboxylic acids is 1. The van der Waals surface area contributed by atoms with Crippen molar-refractivity contribution in [2.24, 2.45) is 0 Å². The Morgan fingerprint density at radius 1 is 1.30 bits per heavy atom. The minimum atomic E-state index is -1.08. The maximum atomic E-state index is 12.3. The van der Waals surface area contributed by atoms with Crippen LogP contribution in [0.5, 0.6) is 0 Å². The molecule has 0 radical (unpaired) electrons. The van der Waals surface area contributed by atoms with Gasteiger partial charge in [0.25, 0.3) is 5.91 Å². The van der Waals surface area contributed by atoms with Crippen LogP contribution in [-0.4, -0.2) is 27.0 Å². The van der Waals surface area contributed by atoms with Crippen LogP contribution in [-0.2, 0) is 0 Å².